The molecule has 2 rings (SSSR count). The first-order chi connectivity index (χ1) is 9.22. The first kappa shape index (κ1) is 13.5. The van der Waals surface area contributed by atoms with Gasteiger partial charge in [0.15, 0.2) is 5.78 Å². The van der Waals surface area contributed by atoms with Crippen LogP contribution in [0.4, 0.5) is 0 Å². The van der Waals surface area contributed by atoms with Crippen molar-refractivity contribution in [3.63, 3.8) is 0 Å². The Morgan fingerprint density at radius 3 is 2.53 bits per heavy atom. The predicted octanol–water partition coefficient (Wildman–Crippen LogP) is 2.82. The number of aromatic nitrogens is 2. The van der Waals surface area contributed by atoms with Crippen LogP contribution in [0.2, 0.25) is 0 Å². The molecule has 2 aromatic rings. The van der Waals surface area contributed by atoms with Gasteiger partial charge in [-0.1, -0.05) is 44.2 Å². The number of rotatable bonds is 6. The van der Waals surface area contributed by atoms with E-state index in [0.29, 0.717) is 13.0 Å². The Morgan fingerprint density at radius 1 is 1.16 bits per heavy atom. The van der Waals surface area contributed by atoms with Gasteiger partial charge in [-0.05, 0) is 24.5 Å². The fraction of sp³-hybridized carbons (Fsp3) is 0.375. The highest BCUT2D eigenvalue weighted by Gasteiger charge is 2.10. The summed E-state index contributed by atoms with van der Waals surface area (Å²) in [5.74, 6) is 0.201. The highest BCUT2D eigenvalue weighted by atomic mass is 16.1. The molecular formula is C16H20N2O. The molecule has 19 heavy (non-hydrogen) atoms. The number of hydrogen-bond donors (Lipinski definition) is 0. The maximum Gasteiger partial charge on any atom is 0.158 e. The van der Waals surface area contributed by atoms with Gasteiger partial charge in [0.25, 0.3) is 0 Å². The number of nitrogens with zero attached hydrogens (tertiary/aromatic N) is 2. The fourth-order valence-corrected chi connectivity index (χ4v) is 2.16. The van der Waals surface area contributed by atoms with E-state index in [4.69, 9.17) is 0 Å². The lowest BCUT2D eigenvalue weighted by Gasteiger charge is -2.05. The lowest BCUT2D eigenvalue weighted by Crippen LogP contribution is -2.15. The molecule has 3 nitrogen and oxygen atoms in total. The summed E-state index contributed by atoms with van der Waals surface area (Å²) in [6, 6.07) is 11.9. The van der Waals surface area contributed by atoms with Crippen LogP contribution < -0.4 is 0 Å². The number of benzene rings is 1. The number of carbonyl (C=O) groups is 1. The van der Waals surface area contributed by atoms with Crippen molar-refractivity contribution in [3.05, 3.63) is 53.3 Å². The molecule has 0 amide bonds. The molecule has 0 aliphatic carbocycles. The zero-order chi connectivity index (χ0) is 13.7. The van der Waals surface area contributed by atoms with Gasteiger partial charge in [0.2, 0.25) is 0 Å². The van der Waals surface area contributed by atoms with Gasteiger partial charge < -0.3 is 0 Å². The van der Waals surface area contributed by atoms with Gasteiger partial charge in [-0.25, -0.2) is 0 Å². The van der Waals surface area contributed by atoms with Crippen LogP contribution >= 0.6 is 0 Å². The maximum atomic E-state index is 12.1. The molecule has 0 bridgehead atoms. The maximum absolute atomic E-state index is 12.1. The topological polar surface area (TPSA) is 34.9 Å². The van der Waals surface area contributed by atoms with Gasteiger partial charge >= 0.3 is 0 Å². The summed E-state index contributed by atoms with van der Waals surface area (Å²) in [6.45, 7) is 4.55. The predicted molar refractivity (Wildman–Crippen MR) is 76.1 cm³/mol. The van der Waals surface area contributed by atoms with Crippen LogP contribution in [-0.4, -0.2) is 15.6 Å². The SMILES string of the molecule is CCc1cc(CC)n(CC(=O)Cc2ccccc2)n1. The molecule has 0 saturated heterocycles. The minimum Gasteiger partial charge on any atom is -0.297 e. The third-order valence-corrected chi connectivity index (χ3v) is 3.21. The second-order valence-corrected chi connectivity index (χ2v) is 4.69. The van der Waals surface area contributed by atoms with Gasteiger partial charge in [0.1, 0.15) is 6.54 Å². The minimum atomic E-state index is 0.201. The largest absolute Gasteiger partial charge is 0.297 e. The number of hydrogen-bond acceptors (Lipinski definition) is 2. The summed E-state index contributed by atoms with van der Waals surface area (Å²) in [6.07, 6.45) is 2.30. The Kier molecular flexibility index (Phi) is 4.50. The number of carbonyl (C=O) groups excluding carboxylic acids is 1. The molecule has 1 heterocycles. The van der Waals surface area contributed by atoms with E-state index < -0.39 is 0 Å². The molecule has 1 aromatic heterocycles. The molecule has 0 atom stereocenters. The van der Waals surface area contributed by atoms with Crippen molar-refractivity contribution in [2.24, 2.45) is 0 Å². The summed E-state index contributed by atoms with van der Waals surface area (Å²) >= 11 is 0. The molecule has 0 radical (unpaired) electrons. The Bertz CT molecular complexity index is 543. The van der Waals surface area contributed by atoms with Gasteiger partial charge in [-0.2, -0.15) is 5.10 Å². The van der Waals surface area contributed by atoms with E-state index in [1.54, 1.807) is 0 Å². The summed E-state index contributed by atoms with van der Waals surface area (Å²) in [7, 11) is 0. The Labute approximate surface area is 114 Å². The van der Waals surface area contributed by atoms with Crippen molar-refractivity contribution in [2.75, 3.05) is 0 Å². The third-order valence-electron chi connectivity index (χ3n) is 3.21. The first-order valence-electron chi connectivity index (χ1n) is 6.84. The van der Waals surface area contributed by atoms with Crippen LogP contribution in [0.5, 0.6) is 0 Å². The van der Waals surface area contributed by atoms with Crippen molar-refractivity contribution >= 4 is 5.78 Å². The first-order valence-corrected chi connectivity index (χ1v) is 6.84. The zero-order valence-corrected chi connectivity index (χ0v) is 11.6. The molecule has 0 unspecified atom stereocenters. The summed E-state index contributed by atoms with van der Waals surface area (Å²) in [5.41, 5.74) is 3.26. The highest BCUT2D eigenvalue weighted by molar-refractivity contribution is 5.80. The molecule has 0 spiro atoms. The summed E-state index contributed by atoms with van der Waals surface area (Å²) < 4.78 is 1.85. The molecule has 3 heteroatoms. The normalized spacial score (nSPS) is 10.6. The monoisotopic (exact) mass is 256 g/mol. The Hall–Kier alpha value is -1.90. The van der Waals surface area contributed by atoms with E-state index in [0.717, 1.165) is 29.8 Å². The van der Waals surface area contributed by atoms with Crippen LogP contribution in [0.1, 0.15) is 30.8 Å². The summed E-state index contributed by atoms with van der Waals surface area (Å²) in [5, 5.41) is 4.48. The number of aryl methyl sites for hydroxylation is 2. The van der Waals surface area contributed by atoms with E-state index in [-0.39, 0.29) is 5.78 Å². The van der Waals surface area contributed by atoms with Crippen molar-refractivity contribution in [1.29, 1.82) is 0 Å². The van der Waals surface area contributed by atoms with Gasteiger partial charge in [0, 0.05) is 12.1 Å². The van der Waals surface area contributed by atoms with E-state index >= 15 is 0 Å². The van der Waals surface area contributed by atoms with Gasteiger partial charge in [-0.15, -0.1) is 0 Å². The second-order valence-electron chi connectivity index (χ2n) is 4.69. The Morgan fingerprint density at radius 2 is 1.89 bits per heavy atom. The quantitative estimate of drug-likeness (QED) is 0.796. The van der Waals surface area contributed by atoms with Crippen LogP contribution in [-0.2, 0) is 30.6 Å². The zero-order valence-electron chi connectivity index (χ0n) is 11.6. The molecule has 0 aliphatic rings. The van der Waals surface area contributed by atoms with E-state index in [2.05, 4.69) is 25.0 Å². The average Bonchev–Trinajstić information content (AvgIpc) is 2.82. The molecule has 100 valence electrons. The highest BCUT2D eigenvalue weighted by Crippen LogP contribution is 2.08. The number of Topliss-reactive ketones (excluding diaryl/α,β-unsaturated/α-hetero) is 1. The van der Waals surface area contributed by atoms with Crippen LogP contribution in [0, 0.1) is 0 Å². The molecule has 0 N–H and O–H groups in total. The fourth-order valence-electron chi connectivity index (χ4n) is 2.16. The summed E-state index contributed by atoms with van der Waals surface area (Å²) in [4.78, 5) is 12.1. The molecular weight excluding hydrogens is 236 g/mol. The van der Waals surface area contributed by atoms with Gasteiger partial charge in [-0.3, -0.25) is 9.48 Å². The van der Waals surface area contributed by atoms with Crippen LogP contribution in [0.25, 0.3) is 0 Å². The van der Waals surface area contributed by atoms with Gasteiger partial charge in [0.05, 0.1) is 5.69 Å². The van der Waals surface area contributed by atoms with E-state index in [9.17, 15) is 4.79 Å². The average molecular weight is 256 g/mol. The lowest BCUT2D eigenvalue weighted by atomic mass is 10.1. The van der Waals surface area contributed by atoms with Crippen molar-refractivity contribution in [3.8, 4) is 0 Å². The minimum absolute atomic E-state index is 0.201. The van der Waals surface area contributed by atoms with Crippen molar-refractivity contribution in [1.82, 2.24) is 9.78 Å². The molecule has 0 aliphatic heterocycles. The third kappa shape index (κ3) is 3.53. The van der Waals surface area contributed by atoms with Crippen LogP contribution in [0.15, 0.2) is 36.4 Å². The molecule has 0 fully saturated rings. The molecule has 1 aromatic carbocycles. The van der Waals surface area contributed by atoms with E-state index in [1.165, 1.54) is 0 Å². The smallest absolute Gasteiger partial charge is 0.158 e. The Balaban J connectivity index is 2.04. The number of ketones is 1. The standard InChI is InChI=1S/C16H20N2O/c1-3-14-11-15(4-2)18(17-14)12-16(19)10-13-8-6-5-7-9-13/h5-9,11H,3-4,10,12H2,1-2H3. The van der Waals surface area contributed by atoms with Crippen LogP contribution in [0.3, 0.4) is 0 Å². The second kappa shape index (κ2) is 6.32. The van der Waals surface area contributed by atoms with Crippen molar-refractivity contribution in [2.45, 2.75) is 39.7 Å². The lowest BCUT2D eigenvalue weighted by molar-refractivity contribution is -0.119. The molecule has 0 saturated carbocycles. The van der Waals surface area contributed by atoms with E-state index in [1.807, 2.05) is 35.0 Å². The van der Waals surface area contributed by atoms with Crippen molar-refractivity contribution < 1.29 is 4.79 Å².